The van der Waals surface area contributed by atoms with Crippen molar-refractivity contribution < 1.29 is 14.3 Å². The Morgan fingerprint density at radius 2 is 2.08 bits per heavy atom. The van der Waals surface area contributed by atoms with Crippen LogP contribution in [-0.4, -0.2) is 30.6 Å². The van der Waals surface area contributed by atoms with Crippen molar-refractivity contribution in [2.24, 2.45) is 5.73 Å². The minimum absolute atomic E-state index is 0. The van der Waals surface area contributed by atoms with Crippen LogP contribution in [0.5, 0.6) is 5.75 Å². The molecule has 132 valence electrons. The molecule has 0 bridgehead atoms. The summed E-state index contributed by atoms with van der Waals surface area (Å²) in [6, 6.07) is 10.2. The van der Waals surface area contributed by atoms with Gasteiger partial charge in [-0.1, -0.05) is 12.1 Å². The highest BCUT2D eigenvalue weighted by Crippen LogP contribution is 2.18. The zero-order valence-electron chi connectivity index (χ0n) is 13.2. The molecule has 0 fully saturated rings. The molecule has 1 aromatic carbocycles. The molecule has 0 spiro atoms. The number of carbonyl (C=O) groups excluding carboxylic acids is 1. The van der Waals surface area contributed by atoms with Gasteiger partial charge in [0.2, 0.25) is 5.91 Å². The molecule has 6 nitrogen and oxygen atoms in total. The fraction of sp³-hybridized carbons (Fsp3) is 0.250. The Morgan fingerprint density at radius 1 is 1.29 bits per heavy atom. The van der Waals surface area contributed by atoms with E-state index in [9.17, 15) is 4.79 Å². The van der Waals surface area contributed by atoms with Gasteiger partial charge in [0.05, 0.1) is 6.61 Å². The molecule has 2 rings (SSSR count). The summed E-state index contributed by atoms with van der Waals surface area (Å²) in [5.74, 6) is 0.355. The number of amides is 1. The Hall–Kier alpha value is -1.86. The number of ether oxygens (including phenoxy) is 2. The molecular weight excluding hydrogens is 353 g/mol. The van der Waals surface area contributed by atoms with Crippen LogP contribution >= 0.6 is 24.8 Å². The lowest BCUT2D eigenvalue weighted by Gasteiger charge is -2.12. The van der Waals surface area contributed by atoms with Gasteiger partial charge in [0.1, 0.15) is 18.4 Å². The first-order chi connectivity index (χ1) is 10.7. The summed E-state index contributed by atoms with van der Waals surface area (Å²) in [5, 5.41) is 2.73. The summed E-state index contributed by atoms with van der Waals surface area (Å²) in [6.07, 6.45) is 3.46. The van der Waals surface area contributed by atoms with Crippen LogP contribution in [0.2, 0.25) is 0 Å². The molecule has 8 heteroatoms. The third-order valence-corrected chi connectivity index (χ3v) is 2.91. The number of methoxy groups -OCH3 is 1. The lowest BCUT2D eigenvalue weighted by Crippen LogP contribution is -2.39. The number of aromatic nitrogens is 1. The molecule has 0 saturated carbocycles. The largest absolute Gasteiger partial charge is 0.489 e. The van der Waals surface area contributed by atoms with Crippen LogP contribution in [0.1, 0.15) is 5.56 Å². The predicted molar refractivity (Wildman–Crippen MR) is 98.0 cm³/mol. The van der Waals surface area contributed by atoms with Gasteiger partial charge in [0.25, 0.3) is 0 Å². The van der Waals surface area contributed by atoms with E-state index >= 15 is 0 Å². The number of hydrogen-bond acceptors (Lipinski definition) is 5. The monoisotopic (exact) mass is 373 g/mol. The average Bonchev–Trinajstić information content (AvgIpc) is 2.54. The highest BCUT2D eigenvalue weighted by atomic mass is 35.5. The maximum atomic E-state index is 11.8. The van der Waals surface area contributed by atoms with Crippen molar-refractivity contribution in [2.45, 2.75) is 12.6 Å². The number of nitrogens with one attached hydrogen (secondary N) is 1. The van der Waals surface area contributed by atoms with Crippen LogP contribution in [0.15, 0.2) is 48.8 Å². The molecule has 1 unspecified atom stereocenters. The molecule has 2 aromatic rings. The first-order valence-electron chi connectivity index (χ1n) is 6.86. The van der Waals surface area contributed by atoms with Crippen LogP contribution in [0.3, 0.4) is 0 Å². The molecule has 0 aliphatic carbocycles. The zero-order chi connectivity index (χ0) is 15.8. The number of anilines is 1. The van der Waals surface area contributed by atoms with Gasteiger partial charge in [0, 0.05) is 36.8 Å². The van der Waals surface area contributed by atoms with E-state index in [1.54, 1.807) is 30.6 Å². The number of halogens is 2. The quantitative estimate of drug-likeness (QED) is 0.777. The molecule has 0 radical (unpaired) electrons. The maximum absolute atomic E-state index is 11.8. The van der Waals surface area contributed by atoms with Crippen LogP contribution < -0.4 is 15.8 Å². The van der Waals surface area contributed by atoms with Crippen LogP contribution in [-0.2, 0) is 16.1 Å². The van der Waals surface area contributed by atoms with Gasteiger partial charge >= 0.3 is 0 Å². The highest BCUT2D eigenvalue weighted by molar-refractivity contribution is 5.94. The molecule has 0 aliphatic rings. The molecule has 0 aliphatic heterocycles. The smallest absolute Gasteiger partial charge is 0.243 e. The van der Waals surface area contributed by atoms with Crippen molar-refractivity contribution in [3.05, 3.63) is 54.4 Å². The van der Waals surface area contributed by atoms with Gasteiger partial charge in [-0.05, 0) is 18.2 Å². The SMILES string of the molecule is COCC(N)C(=O)Nc1cccc(OCc2cccnc2)c1.Cl.Cl. The summed E-state index contributed by atoms with van der Waals surface area (Å²) in [5.41, 5.74) is 7.27. The Morgan fingerprint density at radius 3 is 2.75 bits per heavy atom. The van der Waals surface area contributed by atoms with E-state index in [0.717, 1.165) is 5.56 Å². The van der Waals surface area contributed by atoms with Crippen LogP contribution in [0.4, 0.5) is 5.69 Å². The Balaban J connectivity index is 0.00000264. The normalized spacial score (nSPS) is 10.8. The zero-order valence-corrected chi connectivity index (χ0v) is 14.8. The van der Waals surface area contributed by atoms with Crippen LogP contribution in [0, 0.1) is 0 Å². The van der Waals surface area contributed by atoms with Crippen molar-refractivity contribution in [1.29, 1.82) is 0 Å². The first kappa shape index (κ1) is 22.1. The van der Waals surface area contributed by atoms with Gasteiger partial charge in [-0.3, -0.25) is 9.78 Å². The second-order valence-electron chi connectivity index (χ2n) is 4.73. The van der Waals surface area contributed by atoms with Crippen molar-refractivity contribution in [3.8, 4) is 5.75 Å². The summed E-state index contributed by atoms with van der Waals surface area (Å²) in [7, 11) is 1.50. The summed E-state index contributed by atoms with van der Waals surface area (Å²) in [4.78, 5) is 15.9. The van der Waals surface area contributed by atoms with E-state index in [1.165, 1.54) is 7.11 Å². The number of pyridine rings is 1. The molecular formula is C16H21Cl2N3O3. The molecule has 1 amide bonds. The van der Waals surface area contributed by atoms with Gasteiger partial charge in [0.15, 0.2) is 0 Å². The van der Waals surface area contributed by atoms with E-state index < -0.39 is 6.04 Å². The maximum Gasteiger partial charge on any atom is 0.243 e. The Labute approximate surface area is 153 Å². The van der Waals surface area contributed by atoms with Crippen molar-refractivity contribution in [3.63, 3.8) is 0 Å². The minimum Gasteiger partial charge on any atom is -0.489 e. The lowest BCUT2D eigenvalue weighted by atomic mass is 10.2. The van der Waals surface area contributed by atoms with E-state index in [2.05, 4.69) is 10.3 Å². The second-order valence-corrected chi connectivity index (χ2v) is 4.73. The van der Waals surface area contributed by atoms with Gasteiger partial charge < -0.3 is 20.5 Å². The standard InChI is InChI=1S/C16H19N3O3.2ClH/c1-21-11-15(17)16(20)19-13-5-2-6-14(8-13)22-10-12-4-3-7-18-9-12;;/h2-9,15H,10-11,17H2,1H3,(H,19,20);2*1H. The molecule has 1 atom stereocenters. The fourth-order valence-corrected chi connectivity index (χ4v) is 1.80. The van der Waals surface area contributed by atoms with Gasteiger partial charge in [-0.25, -0.2) is 0 Å². The summed E-state index contributed by atoms with van der Waals surface area (Å²) >= 11 is 0. The number of nitrogens with zero attached hydrogens (tertiary/aromatic N) is 1. The second kappa shape index (κ2) is 11.6. The topological polar surface area (TPSA) is 86.5 Å². The number of rotatable bonds is 7. The number of benzene rings is 1. The third-order valence-electron chi connectivity index (χ3n) is 2.91. The summed E-state index contributed by atoms with van der Waals surface area (Å²) < 4.78 is 10.5. The minimum atomic E-state index is -0.704. The van der Waals surface area contributed by atoms with Crippen molar-refractivity contribution in [1.82, 2.24) is 4.98 Å². The number of hydrogen-bond donors (Lipinski definition) is 2. The van der Waals surface area contributed by atoms with Gasteiger partial charge in [-0.15, -0.1) is 24.8 Å². The summed E-state index contributed by atoms with van der Waals surface area (Å²) in [6.45, 7) is 0.581. The van der Waals surface area contributed by atoms with E-state index in [4.69, 9.17) is 15.2 Å². The Kier molecular flexibility index (Phi) is 10.7. The predicted octanol–water partition coefficient (Wildman–Crippen LogP) is 2.42. The van der Waals surface area contributed by atoms with E-state index in [1.807, 2.05) is 18.2 Å². The van der Waals surface area contributed by atoms with E-state index in [0.29, 0.717) is 18.0 Å². The molecule has 24 heavy (non-hydrogen) atoms. The molecule has 1 heterocycles. The molecule has 3 N–H and O–H groups in total. The number of carbonyl (C=O) groups is 1. The third kappa shape index (κ3) is 7.14. The van der Waals surface area contributed by atoms with Crippen molar-refractivity contribution in [2.75, 3.05) is 19.0 Å². The fourth-order valence-electron chi connectivity index (χ4n) is 1.80. The highest BCUT2D eigenvalue weighted by Gasteiger charge is 2.13. The van der Waals surface area contributed by atoms with E-state index in [-0.39, 0.29) is 37.3 Å². The van der Waals surface area contributed by atoms with Crippen molar-refractivity contribution >= 4 is 36.4 Å². The lowest BCUT2D eigenvalue weighted by molar-refractivity contribution is -0.118. The average molecular weight is 374 g/mol. The number of nitrogens with two attached hydrogens (primary N) is 1. The van der Waals surface area contributed by atoms with Crippen LogP contribution in [0.25, 0.3) is 0 Å². The van der Waals surface area contributed by atoms with Gasteiger partial charge in [-0.2, -0.15) is 0 Å². The first-order valence-corrected chi connectivity index (χ1v) is 6.86. The Bertz CT molecular complexity index is 615. The molecule has 1 aromatic heterocycles. The molecule has 0 saturated heterocycles.